The lowest BCUT2D eigenvalue weighted by atomic mass is 10.4. The van der Waals surface area contributed by atoms with Crippen molar-refractivity contribution in [3.05, 3.63) is 165 Å². The monoisotopic (exact) mass is 1430 g/mol. The summed E-state index contributed by atoms with van der Waals surface area (Å²) in [6, 6.07) is 1.92. The van der Waals surface area contributed by atoms with Gasteiger partial charge in [0.1, 0.15) is 93.4 Å². The first-order valence-electron chi connectivity index (χ1n) is 31.5. The summed E-state index contributed by atoms with van der Waals surface area (Å²) in [5.74, 6) is 8.20. The molecule has 13 aromatic rings. The largest absolute Gasteiger partial charge is 0.426 e. The molecule has 34 nitrogen and oxygen atoms in total. The molecule has 0 radical (unpaired) electrons. The Labute approximate surface area is 593 Å². The fraction of sp³-hybridized carbons (Fsp3) is 0.541. The zero-order valence-electron chi connectivity index (χ0n) is 64.4. The number of nitrogens with zero attached hydrogens (tertiary/aromatic N) is 26. The Morgan fingerprint density at radius 2 is 0.806 bits per heavy atom. The van der Waals surface area contributed by atoms with Crippen molar-refractivity contribution in [2.24, 2.45) is 14.1 Å². The first-order chi connectivity index (χ1) is 47.0. The van der Waals surface area contributed by atoms with Crippen LogP contribution in [0.1, 0.15) is 193 Å². The Hall–Kier alpha value is -9.78. The maximum absolute atomic E-state index is 4.86. The van der Waals surface area contributed by atoms with Crippen LogP contribution in [-0.4, -0.2) is 155 Å². The van der Waals surface area contributed by atoms with Crippen LogP contribution in [-0.2, 0) is 14.1 Å². The van der Waals surface area contributed by atoms with Crippen LogP contribution in [0.25, 0.3) is 0 Å². The number of aromatic nitrogens is 31. The Balaban J connectivity index is -0.000000180. The molecule has 13 aromatic heterocycles. The van der Waals surface area contributed by atoms with E-state index < -0.39 is 0 Å². The highest BCUT2D eigenvalue weighted by Crippen LogP contribution is 2.04. The number of aromatic amines is 5. The maximum Gasteiger partial charge on any atom is 0.223 e. The van der Waals surface area contributed by atoms with Crippen LogP contribution in [0, 0.1) is 118 Å². The molecule has 0 fully saturated rings. The van der Waals surface area contributed by atoms with Gasteiger partial charge in [-0.1, -0.05) is 107 Å². The van der Waals surface area contributed by atoms with Crippen LogP contribution in [0.2, 0.25) is 0 Å². The third kappa shape index (κ3) is 72.1. The maximum atomic E-state index is 4.86. The summed E-state index contributed by atoms with van der Waals surface area (Å²) in [6.45, 7) is 59.7. The van der Waals surface area contributed by atoms with E-state index in [1.807, 2.05) is 199 Å². The van der Waals surface area contributed by atoms with Gasteiger partial charge in [0.05, 0.1) is 6.20 Å². The van der Waals surface area contributed by atoms with Gasteiger partial charge in [-0.3, -0.25) is 30.2 Å². The van der Waals surface area contributed by atoms with Crippen LogP contribution in [0.15, 0.2) is 82.4 Å². The van der Waals surface area contributed by atoms with Crippen molar-refractivity contribution in [1.82, 2.24) is 155 Å². The lowest BCUT2D eigenvalue weighted by molar-refractivity contribution is 0.389. The minimum Gasteiger partial charge on any atom is -0.426 e. The zero-order valence-corrected chi connectivity index (χ0v) is 66.9. The van der Waals surface area contributed by atoms with Gasteiger partial charge in [0.2, 0.25) is 23.6 Å². The lowest BCUT2D eigenvalue weighted by Crippen LogP contribution is -1.83. The van der Waals surface area contributed by atoms with E-state index in [1.54, 1.807) is 93.5 Å². The van der Waals surface area contributed by atoms with Gasteiger partial charge in [0.15, 0.2) is 11.6 Å². The molecule has 37 heteroatoms. The van der Waals surface area contributed by atoms with Gasteiger partial charge < -0.3 is 18.0 Å². The summed E-state index contributed by atoms with van der Waals surface area (Å²) >= 11 is 4.51. The molecular formula is C61H115N31O3S3. The SMILES string of the molecule is CC.CC.CC.CC.CC.CC.CC.Cc1ccn[nH]1.Cc1cn[nH]c1.Cc1ncn[nH]1.Cc1ncn[nH]1.Cc1ncn[nH]1.Cc1nnc(C)o1.Cc1nnc(C)s1.Cc1noc(C)n1.Cc1noc(C)n1.Cc1nsc(C)n1.Cc1nsc(C)n1.Cn1cncn1.Cn1cnnc1. The summed E-state index contributed by atoms with van der Waals surface area (Å²) in [5, 5.41) is 68.3. The molecule has 0 spiro atoms. The second-order valence-electron chi connectivity index (χ2n) is 16.0. The van der Waals surface area contributed by atoms with Gasteiger partial charge in [-0.05, 0) is 125 Å². The molecule has 0 aliphatic carbocycles. The number of aryl methyl sites for hydroxylation is 19. The molecule has 13 rings (SSSR count). The van der Waals surface area contributed by atoms with Crippen LogP contribution in [0.5, 0.6) is 0 Å². The Bertz CT molecular complexity index is 2710. The number of hydrogen-bond acceptors (Lipinski definition) is 30. The molecule has 0 saturated heterocycles. The Morgan fingerprint density at radius 1 is 0.408 bits per heavy atom. The summed E-state index contributed by atoms with van der Waals surface area (Å²) in [5.41, 5.74) is 2.28. The van der Waals surface area contributed by atoms with Gasteiger partial charge in [-0.15, -0.1) is 41.9 Å². The smallest absolute Gasteiger partial charge is 0.223 e. The molecule has 0 unspecified atom stereocenters. The van der Waals surface area contributed by atoms with E-state index in [-0.39, 0.29) is 0 Å². The van der Waals surface area contributed by atoms with Gasteiger partial charge >= 0.3 is 0 Å². The van der Waals surface area contributed by atoms with Crippen molar-refractivity contribution in [2.75, 3.05) is 0 Å². The molecule has 0 bridgehead atoms. The standard InChI is InChI=1S/3C4H6N2O.3C4H6N2S.2C4H6N2.5C3H5N3.7C2H6/c1-3-5-6-4(2)7-3;2*1-3-5-4(2)7-6-3;1-3-5-6-4(2)7-3;2*1-3-5-4(2)7-6-3;1-4-2-5-6-3-4;1-4-2-3-5-6-4;1-6-2-4-5-3-6;1-6-3-4-2-5-6;3*1-3-4-2-5-6-3;7*1-2/h6*1-2H3;2*2-3H,1H3,(H,5,6);2*2-3H,1H3;3*2H,1H3,(H,4,5,6);7*1-2H3. The molecule has 0 atom stereocenters. The molecule has 0 saturated carbocycles. The fourth-order valence-electron chi connectivity index (χ4n) is 4.35. The van der Waals surface area contributed by atoms with E-state index >= 15 is 0 Å². The minimum absolute atomic E-state index is 0.623. The van der Waals surface area contributed by atoms with Crippen LogP contribution in [0.4, 0.5) is 0 Å². The highest BCUT2D eigenvalue weighted by atomic mass is 32.1. The zero-order chi connectivity index (χ0) is 76.5. The third-order valence-electron chi connectivity index (χ3n) is 7.72. The van der Waals surface area contributed by atoms with E-state index in [9.17, 15) is 0 Å². The topological polar surface area (TPSA) is 438 Å². The molecule has 98 heavy (non-hydrogen) atoms. The molecule has 0 aliphatic rings. The van der Waals surface area contributed by atoms with Gasteiger partial charge in [-0.25, -0.2) is 29.9 Å². The van der Waals surface area contributed by atoms with Crippen LogP contribution < -0.4 is 0 Å². The first kappa shape index (κ1) is 102. The fourth-order valence-corrected chi connectivity index (χ4v) is 5.90. The Morgan fingerprint density at radius 3 is 0.898 bits per heavy atom. The molecule has 0 aliphatic heterocycles. The summed E-state index contributed by atoms with van der Waals surface area (Å²) in [6.07, 6.45) is 16.2. The van der Waals surface area contributed by atoms with Gasteiger partial charge in [0.25, 0.3) is 0 Å². The number of H-pyrrole nitrogens is 5. The normalized spacial score (nSPS) is 8.26. The molecule has 13 heterocycles. The van der Waals surface area contributed by atoms with Crippen LogP contribution >= 0.6 is 34.4 Å². The van der Waals surface area contributed by atoms with Crippen molar-refractivity contribution < 1.29 is 13.5 Å². The Kier molecular flexibility index (Phi) is 77.5. The predicted molar refractivity (Wildman–Crippen MR) is 391 cm³/mol. The highest BCUT2D eigenvalue weighted by molar-refractivity contribution is 7.11. The van der Waals surface area contributed by atoms with E-state index in [2.05, 4.69) is 155 Å². The second kappa shape index (κ2) is 74.6. The molecular weight excluding hydrogens is 1310 g/mol. The van der Waals surface area contributed by atoms with Crippen molar-refractivity contribution in [3.8, 4) is 0 Å². The second-order valence-corrected chi connectivity index (χ2v) is 19.3. The van der Waals surface area contributed by atoms with Crippen molar-refractivity contribution in [1.29, 1.82) is 0 Å². The van der Waals surface area contributed by atoms with E-state index in [1.165, 1.54) is 53.9 Å². The lowest BCUT2D eigenvalue weighted by Gasteiger charge is -1.74. The first-order valence-corrected chi connectivity index (χ1v) is 33.9. The molecule has 0 aromatic carbocycles. The quantitative estimate of drug-likeness (QED) is 0.0941. The van der Waals surface area contributed by atoms with Crippen molar-refractivity contribution >= 4 is 34.4 Å². The summed E-state index contributed by atoms with van der Waals surface area (Å²) in [7, 11) is 3.70. The van der Waals surface area contributed by atoms with E-state index in [0.717, 1.165) is 54.8 Å². The summed E-state index contributed by atoms with van der Waals surface area (Å²) in [4.78, 5) is 30.6. The molecule has 5 N–H and O–H groups in total. The van der Waals surface area contributed by atoms with Crippen molar-refractivity contribution in [2.45, 2.75) is 215 Å². The number of rotatable bonds is 0. The van der Waals surface area contributed by atoms with E-state index in [4.69, 9.17) is 4.42 Å². The molecule has 550 valence electrons. The summed E-state index contributed by atoms with van der Waals surface area (Å²) < 4.78 is 25.4. The molecule has 0 amide bonds. The average Bonchev–Trinajstić information content (AvgIpc) is 2.77. The highest BCUT2D eigenvalue weighted by Gasteiger charge is 1.93. The minimum atomic E-state index is 0.623. The predicted octanol–water partition coefficient (Wildman–Crippen LogP) is 14.1. The number of nitrogens with one attached hydrogen (secondary N) is 5. The van der Waals surface area contributed by atoms with Crippen molar-refractivity contribution in [3.63, 3.8) is 0 Å². The number of hydrogen-bond donors (Lipinski definition) is 5. The third-order valence-corrected chi connectivity index (χ3v) is 9.90. The van der Waals surface area contributed by atoms with E-state index in [0.29, 0.717) is 35.2 Å². The van der Waals surface area contributed by atoms with Gasteiger partial charge in [-0.2, -0.15) is 49.3 Å². The van der Waals surface area contributed by atoms with Crippen LogP contribution in [0.3, 0.4) is 0 Å². The average molecular weight is 1430 g/mol. The van der Waals surface area contributed by atoms with Gasteiger partial charge in [0, 0.05) is 59.9 Å².